The Kier molecular flexibility index (Phi) is 6.75. The molecule has 3 aromatic rings. The minimum Gasteiger partial charge on any atom is -0.459 e. The Bertz CT molecular complexity index is 1200. The summed E-state index contributed by atoms with van der Waals surface area (Å²) in [5.41, 5.74) is -4.03. The second-order valence-corrected chi connectivity index (χ2v) is 7.20. The molecule has 0 saturated carbocycles. The van der Waals surface area contributed by atoms with Gasteiger partial charge in [-0.05, 0) is 38.1 Å². The highest BCUT2D eigenvalue weighted by Crippen LogP contribution is 2.38. The molecule has 0 amide bonds. The number of halogens is 7. The Morgan fingerprint density at radius 1 is 1.00 bits per heavy atom. The smallest absolute Gasteiger partial charge is 0.416 e. The molecule has 0 fully saturated rings. The third kappa shape index (κ3) is 5.97. The molecular formula is C21H15F7N4O2. The van der Waals surface area contributed by atoms with Crippen molar-refractivity contribution in [3.05, 3.63) is 65.5 Å². The molecule has 0 aliphatic carbocycles. The van der Waals surface area contributed by atoms with Crippen molar-refractivity contribution in [1.29, 1.82) is 0 Å². The van der Waals surface area contributed by atoms with Crippen LogP contribution in [-0.2, 0) is 21.9 Å². The van der Waals surface area contributed by atoms with E-state index in [2.05, 4.69) is 15.1 Å². The molecule has 1 aromatic carbocycles. The van der Waals surface area contributed by atoms with Crippen LogP contribution in [0.15, 0.2) is 42.9 Å². The standard InChI is InChI=1S/C21H15F7N4O2/c1-11(2)34-19(33)16(17-8-15(22)3-4-29-17)9-32-10-30-18(31-32)12-5-13(20(23,24)25)7-14(6-12)21(26,27)28/h3-11H,1-2H3/b16-9+. The van der Waals surface area contributed by atoms with Gasteiger partial charge in [0.15, 0.2) is 5.82 Å². The first kappa shape index (κ1) is 24.9. The molecule has 3 rings (SSSR count). The summed E-state index contributed by atoms with van der Waals surface area (Å²) >= 11 is 0. The van der Waals surface area contributed by atoms with Crippen molar-refractivity contribution in [1.82, 2.24) is 19.7 Å². The number of hydrogen-bond acceptors (Lipinski definition) is 5. The molecule has 0 aliphatic rings. The van der Waals surface area contributed by atoms with Crippen LogP contribution in [0.1, 0.15) is 30.7 Å². The lowest BCUT2D eigenvalue weighted by atomic mass is 10.0. The number of hydrogen-bond donors (Lipinski definition) is 0. The van der Waals surface area contributed by atoms with Gasteiger partial charge < -0.3 is 4.74 Å². The Morgan fingerprint density at radius 3 is 2.15 bits per heavy atom. The van der Waals surface area contributed by atoms with Crippen molar-refractivity contribution in [3.63, 3.8) is 0 Å². The molecule has 2 aromatic heterocycles. The summed E-state index contributed by atoms with van der Waals surface area (Å²) in [6.45, 7) is 3.13. The lowest BCUT2D eigenvalue weighted by Crippen LogP contribution is -2.14. The topological polar surface area (TPSA) is 69.9 Å². The minimum absolute atomic E-state index is 0.0178. The number of carbonyl (C=O) groups excluding carboxylic acids is 1. The van der Waals surface area contributed by atoms with E-state index in [9.17, 15) is 35.5 Å². The van der Waals surface area contributed by atoms with Gasteiger partial charge in [0, 0.05) is 24.0 Å². The van der Waals surface area contributed by atoms with Gasteiger partial charge in [-0.1, -0.05) is 0 Å². The monoisotopic (exact) mass is 488 g/mol. The summed E-state index contributed by atoms with van der Waals surface area (Å²) in [6, 6.07) is 2.90. The van der Waals surface area contributed by atoms with Gasteiger partial charge in [-0.2, -0.15) is 26.3 Å². The van der Waals surface area contributed by atoms with Gasteiger partial charge in [0.2, 0.25) is 0 Å². The molecule has 0 saturated heterocycles. The highest BCUT2D eigenvalue weighted by molar-refractivity contribution is 6.19. The van der Waals surface area contributed by atoms with Crippen LogP contribution in [0.25, 0.3) is 23.2 Å². The van der Waals surface area contributed by atoms with E-state index in [-0.39, 0.29) is 17.3 Å². The van der Waals surface area contributed by atoms with Crippen molar-refractivity contribution in [2.24, 2.45) is 0 Å². The molecule has 0 unspecified atom stereocenters. The summed E-state index contributed by atoms with van der Waals surface area (Å²) < 4.78 is 98.4. The van der Waals surface area contributed by atoms with Crippen molar-refractivity contribution >= 4 is 17.7 Å². The number of aromatic nitrogens is 4. The van der Waals surface area contributed by atoms with Gasteiger partial charge in [-0.25, -0.2) is 18.9 Å². The minimum atomic E-state index is -5.05. The van der Waals surface area contributed by atoms with Crippen LogP contribution < -0.4 is 0 Å². The van der Waals surface area contributed by atoms with Gasteiger partial charge in [0.05, 0.1) is 22.9 Å². The normalized spacial score (nSPS) is 12.8. The zero-order valence-corrected chi connectivity index (χ0v) is 17.4. The van der Waals surface area contributed by atoms with Crippen molar-refractivity contribution < 1.29 is 40.3 Å². The van der Waals surface area contributed by atoms with Gasteiger partial charge in [0.25, 0.3) is 0 Å². The Morgan fingerprint density at radius 2 is 1.62 bits per heavy atom. The number of alkyl halides is 6. The summed E-state index contributed by atoms with van der Waals surface area (Å²) in [6.07, 6.45) is -7.59. The number of carbonyl (C=O) groups is 1. The van der Waals surface area contributed by atoms with E-state index in [1.165, 1.54) is 0 Å². The first-order valence-electron chi connectivity index (χ1n) is 9.50. The molecule has 0 bridgehead atoms. The first-order chi connectivity index (χ1) is 15.7. The third-order valence-electron chi connectivity index (χ3n) is 4.18. The molecule has 6 nitrogen and oxygen atoms in total. The zero-order valence-electron chi connectivity index (χ0n) is 17.4. The summed E-state index contributed by atoms with van der Waals surface area (Å²) in [7, 11) is 0. The Balaban J connectivity index is 2.08. The lowest BCUT2D eigenvalue weighted by Gasteiger charge is -2.13. The van der Waals surface area contributed by atoms with Crippen LogP contribution in [0.2, 0.25) is 0 Å². The predicted octanol–water partition coefficient (Wildman–Crippen LogP) is 5.47. The van der Waals surface area contributed by atoms with E-state index in [1.54, 1.807) is 13.8 Å². The molecule has 2 heterocycles. The van der Waals surface area contributed by atoms with Gasteiger partial charge in [-0.3, -0.25) is 4.98 Å². The van der Waals surface area contributed by atoms with E-state index in [4.69, 9.17) is 4.74 Å². The predicted molar refractivity (Wildman–Crippen MR) is 105 cm³/mol. The number of benzene rings is 1. The fraction of sp³-hybridized carbons (Fsp3) is 0.238. The van der Waals surface area contributed by atoms with Crippen molar-refractivity contribution in [2.45, 2.75) is 32.3 Å². The van der Waals surface area contributed by atoms with E-state index in [1.807, 2.05) is 0 Å². The van der Waals surface area contributed by atoms with Crippen LogP contribution in [-0.4, -0.2) is 31.8 Å². The lowest BCUT2D eigenvalue weighted by molar-refractivity contribution is -0.143. The Labute approximate surface area is 187 Å². The number of ether oxygens (including phenoxy) is 1. The maximum Gasteiger partial charge on any atom is 0.416 e. The maximum absolute atomic E-state index is 13.6. The van der Waals surface area contributed by atoms with Crippen LogP contribution in [0, 0.1) is 5.82 Å². The molecule has 0 aliphatic heterocycles. The Hall–Kier alpha value is -3.77. The summed E-state index contributed by atoms with van der Waals surface area (Å²) in [4.78, 5) is 20.1. The summed E-state index contributed by atoms with van der Waals surface area (Å²) in [5.74, 6) is -2.10. The molecule has 0 N–H and O–H groups in total. The van der Waals surface area contributed by atoms with E-state index >= 15 is 0 Å². The second-order valence-electron chi connectivity index (χ2n) is 7.20. The number of rotatable bonds is 5. The summed E-state index contributed by atoms with van der Waals surface area (Å²) in [5, 5.41) is 3.84. The highest BCUT2D eigenvalue weighted by Gasteiger charge is 2.37. The fourth-order valence-corrected chi connectivity index (χ4v) is 2.74. The number of nitrogens with zero attached hydrogens (tertiary/aromatic N) is 4. The SMILES string of the molecule is CC(C)OC(=O)/C(=C/n1cnc(-c2cc(C(F)(F)F)cc(C(F)(F)F)c2)n1)c1cc(F)ccn1. The van der Waals surface area contributed by atoms with E-state index < -0.39 is 52.8 Å². The molecule has 180 valence electrons. The van der Waals surface area contributed by atoms with Crippen LogP contribution in [0.3, 0.4) is 0 Å². The third-order valence-corrected chi connectivity index (χ3v) is 4.18. The van der Waals surface area contributed by atoms with E-state index in [0.29, 0.717) is 12.1 Å². The quantitative estimate of drug-likeness (QED) is 0.271. The van der Waals surface area contributed by atoms with Crippen molar-refractivity contribution in [3.8, 4) is 11.4 Å². The first-order valence-corrected chi connectivity index (χ1v) is 9.50. The van der Waals surface area contributed by atoms with Crippen LogP contribution >= 0.6 is 0 Å². The zero-order chi connectivity index (χ0) is 25.3. The number of pyridine rings is 1. The molecule has 0 spiro atoms. The molecular weight excluding hydrogens is 473 g/mol. The van der Waals surface area contributed by atoms with E-state index in [0.717, 1.165) is 35.5 Å². The van der Waals surface area contributed by atoms with Crippen LogP contribution in [0.4, 0.5) is 30.7 Å². The average molecular weight is 488 g/mol. The van der Waals surface area contributed by atoms with Crippen LogP contribution in [0.5, 0.6) is 0 Å². The highest BCUT2D eigenvalue weighted by atomic mass is 19.4. The van der Waals surface area contributed by atoms with Gasteiger partial charge >= 0.3 is 18.3 Å². The van der Waals surface area contributed by atoms with Gasteiger partial charge in [0.1, 0.15) is 17.7 Å². The molecule has 0 atom stereocenters. The largest absolute Gasteiger partial charge is 0.459 e. The van der Waals surface area contributed by atoms with Crippen molar-refractivity contribution in [2.75, 3.05) is 0 Å². The molecule has 13 heteroatoms. The fourth-order valence-electron chi connectivity index (χ4n) is 2.74. The molecule has 34 heavy (non-hydrogen) atoms. The maximum atomic E-state index is 13.6. The number of esters is 1. The second kappa shape index (κ2) is 9.23. The average Bonchev–Trinajstić information content (AvgIpc) is 3.18. The molecule has 0 radical (unpaired) electrons. The van der Waals surface area contributed by atoms with Gasteiger partial charge in [-0.15, -0.1) is 5.10 Å².